The van der Waals surface area contributed by atoms with Gasteiger partial charge in [0.05, 0.1) is 0 Å². The van der Waals surface area contributed by atoms with Crippen LogP contribution in [-0.2, 0) is 0 Å². The summed E-state index contributed by atoms with van der Waals surface area (Å²) in [6.45, 7) is 0. The summed E-state index contributed by atoms with van der Waals surface area (Å²) in [6.07, 6.45) is -2.01. The van der Waals surface area contributed by atoms with Crippen molar-refractivity contribution in [3.8, 4) is 0 Å². The van der Waals surface area contributed by atoms with E-state index < -0.39 is 12.3 Å². The zero-order chi connectivity index (χ0) is 7.72. The molecule has 0 bridgehead atoms. The Morgan fingerprint density at radius 1 is 0.900 bits per heavy atom. The van der Waals surface area contributed by atoms with Crippen molar-refractivity contribution in [1.29, 1.82) is 0 Å². The Hall–Kier alpha value is 0.820. The SMILES string of the molecule is FC1CC(Br)C(Br)CC1F. The van der Waals surface area contributed by atoms with Crippen molar-refractivity contribution in [1.82, 2.24) is 0 Å². The van der Waals surface area contributed by atoms with Gasteiger partial charge in [0.15, 0.2) is 0 Å². The fourth-order valence-corrected chi connectivity index (χ4v) is 2.17. The summed E-state index contributed by atoms with van der Waals surface area (Å²) >= 11 is 6.54. The van der Waals surface area contributed by atoms with Gasteiger partial charge >= 0.3 is 0 Å². The molecule has 0 aromatic rings. The maximum atomic E-state index is 12.6. The van der Waals surface area contributed by atoms with Crippen LogP contribution < -0.4 is 0 Å². The molecule has 4 heteroatoms. The minimum atomic E-state index is -1.28. The predicted molar refractivity (Wildman–Crippen MR) is 44.5 cm³/mol. The van der Waals surface area contributed by atoms with Crippen molar-refractivity contribution in [3.05, 3.63) is 0 Å². The van der Waals surface area contributed by atoms with E-state index in [9.17, 15) is 8.78 Å². The molecule has 4 unspecified atom stereocenters. The monoisotopic (exact) mass is 276 g/mol. The second-order valence-corrected chi connectivity index (χ2v) is 4.89. The smallest absolute Gasteiger partial charge is 0.132 e. The standard InChI is InChI=1S/C6H8Br2F2/c7-3-1-5(9)6(10)2-4(3)8/h3-6H,1-2H2. The van der Waals surface area contributed by atoms with Gasteiger partial charge in [-0.25, -0.2) is 8.78 Å². The summed E-state index contributed by atoms with van der Waals surface area (Å²) in [4.78, 5) is 0.156. The van der Waals surface area contributed by atoms with Gasteiger partial charge in [-0.2, -0.15) is 0 Å². The Kier molecular flexibility index (Phi) is 3.10. The minimum absolute atomic E-state index is 0.0782. The molecular formula is C6H8Br2F2. The zero-order valence-corrected chi connectivity index (χ0v) is 8.41. The molecule has 0 nitrogen and oxygen atoms in total. The molecule has 1 saturated carbocycles. The first kappa shape index (κ1) is 8.91. The number of alkyl halides is 4. The third kappa shape index (κ3) is 1.91. The molecule has 0 heterocycles. The average Bonchev–Trinajstić information content (AvgIpc) is 1.84. The number of hydrogen-bond donors (Lipinski definition) is 0. The van der Waals surface area contributed by atoms with Crippen LogP contribution in [0.15, 0.2) is 0 Å². The molecule has 4 atom stereocenters. The molecule has 0 aromatic carbocycles. The Morgan fingerprint density at radius 3 is 1.50 bits per heavy atom. The summed E-state index contributed by atoms with van der Waals surface area (Å²) in [5.74, 6) is 0. The highest BCUT2D eigenvalue weighted by molar-refractivity contribution is 9.12. The maximum absolute atomic E-state index is 12.6. The number of halogens is 4. The average molecular weight is 278 g/mol. The number of hydrogen-bond acceptors (Lipinski definition) is 0. The van der Waals surface area contributed by atoms with E-state index in [4.69, 9.17) is 0 Å². The summed E-state index contributed by atoms with van der Waals surface area (Å²) in [5.41, 5.74) is 0. The topological polar surface area (TPSA) is 0 Å². The molecule has 1 fully saturated rings. The first-order valence-electron chi connectivity index (χ1n) is 3.17. The van der Waals surface area contributed by atoms with Crippen molar-refractivity contribution in [2.45, 2.75) is 34.8 Å². The van der Waals surface area contributed by atoms with E-state index in [1.165, 1.54) is 0 Å². The van der Waals surface area contributed by atoms with Gasteiger partial charge in [0.25, 0.3) is 0 Å². The van der Waals surface area contributed by atoms with Crippen molar-refractivity contribution in [3.63, 3.8) is 0 Å². The largest absolute Gasteiger partial charge is 0.244 e. The van der Waals surface area contributed by atoms with Crippen molar-refractivity contribution < 1.29 is 8.78 Å². The predicted octanol–water partition coefficient (Wildman–Crippen LogP) is 2.98. The van der Waals surface area contributed by atoms with Crippen LogP contribution >= 0.6 is 31.9 Å². The lowest BCUT2D eigenvalue weighted by Gasteiger charge is -2.27. The summed E-state index contributed by atoms with van der Waals surface area (Å²) in [5, 5.41) is 0. The third-order valence-electron chi connectivity index (χ3n) is 1.69. The van der Waals surface area contributed by atoms with E-state index in [2.05, 4.69) is 31.9 Å². The van der Waals surface area contributed by atoms with E-state index in [1.807, 2.05) is 0 Å². The van der Waals surface area contributed by atoms with E-state index >= 15 is 0 Å². The Morgan fingerprint density at radius 2 is 1.20 bits per heavy atom. The highest BCUT2D eigenvalue weighted by atomic mass is 79.9. The van der Waals surface area contributed by atoms with Gasteiger partial charge in [0, 0.05) is 9.65 Å². The van der Waals surface area contributed by atoms with Gasteiger partial charge in [-0.05, 0) is 12.8 Å². The minimum Gasteiger partial charge on any atom is -0.244 e. The quantitative estimate of drug-likeness (QED) is 0.597. The first-order chi connectivity index (χ1) is 4.61. The summed E-state index contributed by atoms with van der Waals surface area (Å²) in [6, 6.07) is 0. The molecular weight excluding hydrogens is 270 g/mol. The second kappa shape index (κ2) is 3.48. The Labute approximate surface area is 75.6 Å². The van der Waals surface area contributed by atoms with Gasteiger partial charge in [0.2, 0.25) is 0 Å². The molecule has 0 N–H and O–H groups in total. The van der Waals surface area contributed by atoms with Crippen LogP contribution in [0.5, 0.6) is 0 Å². The van der Waals surface area contributed by atoms with Crippen LogP contribution in [0.4, 0.5) is 8.78 Å². The van der Waals surface area contributed by atoms with E-state index in [0.717, 1.165) is 0 Å². The molecule has 1 aliphatic rings. The van der Waals surface area contributed by atoms with Gasteiger partial charge < -0.3 is 0 Å². The van der Waals surface area contributed by atoms with E-state index in [0.29, 0.717) is 0 Å². The van der Waals surface area contributed by atoms with Crippen molar-refractivity contribution >= 4 is 31.9 Å². The summed E-state index contributed by atoms with van der Waals surface area (Å²) in [7, 11) is 0. The van der Waals surface area contributed by atoms with Crippen LogP contribution in [0, 0.1) is 0 Å². The lowest BCUT2D eigenvalue weighted by molar-refractivity contribution is 0.127. The lowest BCUT2D eigenvalue weighted by Crippen LogP contribution is -2.35. The molecule has 0 amide bonds. The van der Waals surface area contributed by atoms with E-state index in [-0.39, 0.29) is 22.5 Å². The van der Waals surface area contributed by atoms with Crippen molar-refractivity contribution in [2.75, 3.05) is 0 Å². The van der Waals surface area contributed by atoms with Crippen LogP contribution in [-0.4, -0.2) is 22.0 Å². The molecule has 1 rings (SSSR count). The van der Waals surface area contributed by atoms with Crippen LogP contribution in [0.3, 0.4) is 0 Å². The molecule has 0 aliphatic heterocycles. The van der Waals surface area contributed by atoms with Crippen LogP contribution in [0.25, 0.3) is 0 Å². The normalized spacial score (nSPS) is 49.2. The fraction of sp³-hybridized carbons (Fsp3) is 1.00. The fourth-order valence-electron chi connectivity index (χ4n) is 1.02. The van der Waals surface area contributed by atoms with Gasteiger partial charge in [0.1, 0.15) is 12.3 Å². The molecule has 0 saturated heterocycles. The Balaban J connectivity index is 2.46. The van der Waals surface area contributed by atoms with Crippen LogP contribution in [0.2, 0.25) is 0 Å². The maximum Gasteiger partial charge on any atom is 0.132 e. The molecule has 60 valence electrons. The second-order valence-electron chi connectivity index (χ2n) is 2.54. The molecule has 0 spiro atoms. The third-order valence-corrected chi connectivity index (χ3v) is 4.42. The first-order valence-corrected chi connectivity index (χ1v) is 5.00. The molecule has 10 heavy (non-hydrogen) atoms. The lowest BCUT2D eigenvalue weighted by atomic mass is 9.97. The van der Waals surface area contributed by atoms with Crippen LogP contribution in [0.1, 0.15) is 12.8 Å². The highest BCUT2D eigenvalue weighted by Gasteiger charge is 2.34. The Bertz CT molecular complexity index is 94.3. The molecule has 0 radical (unpaired) electrons. The molecule has 0 aromatic heterocycles. The molecule has 1 aliphatic carbocycles. The van der Waals surface area contributed by atoms with E-state index in [1.54, 1.807) is 0 Å². The zero-order valence-electron chi connectivity index (χ0n) is 5.24. The van der Waals surface area contributed by atoms with Crippen molar-refractivity contribution in [2.24, 2.45) is 0 Å². The number of rotatable bonds is 0. The highest BCUT2D eigenvalue weighted by Crippen LogP contribution is 2.33. The van der Waals surface area contributed by atoms with Gasteiger partial charge in [-0.15, -0.1) is 0 Å². The van der Waals surface area contributed by atoms with Gasteiger partial charge in [-0.1, -0.05) is 31.9 Å². The van der Waals surface area contributed by atoms with Gasteiger partial charge in [-0.3, -0.25) is 0 Å². The summed E-state index contributed by atoms with van der Waals surface area (Å²) < 4.78 is 25.2.